The Morgan fingerprint density at radius 1 is 1.00 bits per heavy atom. The molecule has 0 radical (unpaired) electrons. The van der Waals surface area contributed by atoms with Gasteiger partial charge in [0, 0.05) is 17.4 Å². The van der Waals surface area contributed by atoms with E-state index in [1.807, 2.05) is 41.5 Å². The van der Waals surface area contributed by atoms with Gasteiger partial charge >= 0.3 is 0 Å². The van der Waals surface area contributed by atoms with Crippen LogP contribution in [0.25, 0.3) is 11.8 Å². The van der Waals surface area contributed by atoms with Crippen molar-refractivity contribution in [3.63, 3.8) is 0 Å². The Kier molecular flexibility index (Phi) is 6.96. The fourth-order valence-electron chi connectivity index (χ4n) is 5.68. The number of amides is 1. The number of para-hydroxylation sites is 1. The summed E-state index contributed by atoms with van der Waals surface area (Å²) in [5.41, 5.74) is 3.38. The van der Waals surface area contributed by atoms with Gasteiger partial charge in [-0.3, -0.25) is 14.7 Å². The standard InChI is InChI=1S/C28H34FN3OS/c1-19-17-21(20(2)31(19)25-16-10-9-15-24(25)29)18-26-27(33)32(23-13-7-4-8-14-23)28(34-26)30-22-11-5-3-6-12-22/h9-10,15-18,22-23H,3-8,11-14H2,1-2H3. The molecule has 0 bridgehead atoms. The molecule has 34 heavy (non-hydrogen) atoms. The normalized spacial score (nSPS) is 22.9. The maximum atomic E-state index is 14.5. The third-order valence-electron chi connectivity index (χ3n) is 7.49. The topological polar surface area (TPSA) is 37.6 Å². The number of benzene rings is 1. The highest BCUT2D eigenvalue weighted by Crippen LogP contribution is 2.39. The SMILES string of the molecule is Cc1cc(C=C2SC(=NC3CCCCC3)N(C3CCCCC3)C2=O)c(C)n1-c1ccccc1F. The molecule has 1 aromatic carbocycles. The number of hydrogen-bond acceptors (Lipinski definition) is 3. The lowest BCUT2D eigenvalue weighted by Gasteiger charge is -2.31. The van der Waals surface area contributed by atoms with Crippen LogP contribution in [-0.4, -0.2) is 32.6 Å². The van der Waals surface area contributed by atoms with E-state index in [0.29, 0.717) is 11.7 Å². The van der Waals surface area contributed by atoms with Crippen molar-refractivity contribution in [3.05, 3.63) is 58.0 Å². The van der Waals surface area contributed by atoms with Crippen LogP contribution in [0.1, 0.15) is 81.2 Å². The second-order valence-corrected chi connectivity index (χ2v) is 10.9. The summed E-state index contributed by atoms with van der Waals surface area (Å²) >= 11 is 1.54. The van der Waals surface area contributed by atoms with Crippen molar-refractivity contribution in [3.8, 4) is 5.69 Å². The molecule has 0 atom stereocenters. The van der Waals surface area contributed by atoms with Crippen LogP contribution in [0.15, 0.2) is 40.2 Å². The summed E-state index contributed by atoms with van der Waals surface area (Å²) in [7, 11) is 0. The molecule has 3 aliphatic rings. The molecule has 2 heterocycles. The van der Waals surface area contributed by atoms with Gasteiger partial charge in [0.15, 0.2) is 5.17 Å². The number of nitrogens with zero attached hydrogens (tertiary/aromatic N) is 3. The predicted molar refractivity (Wildman–Crippen MR) is 139 cm³/mol. The number of aromatic nitrogens is 1. The Hall–Kier alpha value is -2.34. The van der Waals surface area contributed by atoms with Gasteiger partial charge in [-0.05, 0) is 81.1 Å². The molecule has 2 aromatic rings. The lowest BCUT2D eigenvalue weighted by atomic mass is 9.94. The van der Waals surface area contributed by atoms with Crippen molar-refractivity contribution in [2.75, 3.05) is 0 Å². The van der Waals surface area contributed by atoms with Crippen LogP contribution in [0.3, 0.4) is 0 Å². The van der Waals surface area contributed by atoms with Gasteiger partial charge in [-0.2, -0.15) is 0 Å². The Morgan fingerprint density at radius 3 is 2.38 bits per heavy atom. The summed E-state index contributed by atoms with van der Waals surface area (Å²) in [6.07, 6.45) is 13.7. The maximum Gasteiger partial charge on any atom is 0.267 e. The Balaban J connectivity index is 1.49. The molecule has 1 aliphatic heterocycles. The zero-order chi connectivity index (χ0) is 23.7. The van der Waals surface area contributed by atoms with E-state index in [9.17, 15) is 9.18 Å². The molecule has 2 saturated carbocycles. The van der Waals surface area contributed by atoms with Gasteiger partial charge in [-0.1, -0.05) is 50.7 Å². The third kappa shape index (κ3) is 4.61. The van der Waals surface area contributed by atoms with E-state index in [1.165, 1.54) is 56.4 Å². The summed E-state index contributed by atoms with van der Waals surface area (Å²) in [5.74, 6) is -0.164. The minimum atomic E-state index is -0.250. The molecule has 0 N–H and O–H groups in total. The smallest absolute Gasteiger partial charge is 0.267 e. The highest BCUT2D eigenvalue weighted by atomic mass is 32.2. The molecule has 1 saturated heterocycles. The molecule has 0 spiro atoms. The van der Waals surface area contributed by atoms with Gasteiger partial charge < -0.3 is 4.57 Å². The zero-order valence-electron chi connectivity index (χ0n) is 20.2. The van der Waals surface area contributed by atoms with E-state index in [-0.39, 0.29) is 17.8 Å². The fraction of sp³-hybridized carbons (Fsp3) is 0.500. The zero-order valence-corrected chi connectivity index (χ0v) is 21.0. The van der Waals surface area contributed by atoms with Crippen molar-refractivity contribution in [1.82, 2.24) is 9.47 Å². The first-order chi connectivity index (χ1) is 16.5. The number of rotatable bonds is 4. The average molecular weight is 480 g/mol. The lowest BCUT2D eigenvalue weighted by molar-refractivity contribution is -0.124. The van der Waals surface area contributed by atoms with E-state index in [4.69, 9.17) is 4.99 Å². The molecular weight excluding hydrogens is 445 g/mol. The van der Waals surface area contributed by atoms with Crippen molar-refractivity contribution in [2.24, 2.45) is 4.99 Å². The maximum absolute atomic E-state index is 14.5. The predicted octanol–water partition coefficient (Wildman–Crippen LogP) is 7.17. The number of carbonyl (C=O) groups is 1. The highest BCUT2D eigenvalue weighted by molar-refractivity contribution is 8.18. The molecular formula is C28H34FN3OS. The average Bonchev–Trinajstić information content (AvgIpc) is 3.30. The van der Waals surface area contributed by atoms with E-state index in [0.717, 1.165) is 52.7 Å². The first-order valence-corrected chi connectivity index (χ1v) is 13.6. The van der Waals surface area contributed by atoms with Crippen LogP contribution in [0.4, 0.5) is 4.39 Å². The van der Waals surface area contributed by atoms with Crippen molar-refractivity contribution in [2.45, 2.75) is 90.1 Å². The highest BCUT2D eigenvalue weighted by Gasteiger charge is 2.39. The first kappa shape index (κ1) is 23.4. The van der Waals surface area contributed by atoms with Crippen LogP contribution >= 0.6 is 11.8 Å². The first-order valence-electron chi connectivity index (χ1n) is 12.8. The quantitative estimate of drug-likeness (QED) is 0.436. The monoisotopic (exact) mass is 479 g/mol. The molecule has 6 heteroatoms. The van der Waals surface area contributed by atoms with Crippen LogP contribution in [-0.2, 0) is 4.79 Å². The number of hydrogen-bond donors (Lipinski definition) is 0. The van der Waals surface area contributed by atoms with E-state index in [2.05, 4.69) is 0 Å². The number of aliphatic imine (C=N–C) groups is 1. The molecule has 2 aliphatic carbocycles. The van der Waals surface area contributed by atoms with Gasteiger partial charge in [-0.25, -0.2) is 4.39 Å². The Morgan fingerprint density at radius 2 is 1.68 bits per heavy atom. The number of halogens is 1. The second-order valence-electron chi connectivity index (χ2n) is 9.89. The third-order valence-corrected chi connectivity index (χ3v) is 8.49. The van der Waals surface area contributed by atoms with Gasteiger partial charge in [0.2, 0.25) is 0 Å². The lowest BCUT2D eigenvalue weighted by Crippen LogP contribution is -2.41. The van der Waals surface area contributed by atoms with Crippen LogP contribution < -0.4 is 0 Å². The van der Waals surface area contributed by atoms with Crippen LogP contribution in [0.5, 0.6) is 0 Å². The fourth-order valence-corrected chi connectivity index (χ4v) is 6.78. The molecule has 3 fully saturated rings. The van der Waals surface area contributed by atoms with Gasteiger partial charge in [0.05, 0.1) is 16.6 Å². The molecule has 1 aromatic heterocycles. The summed E-state index contributed by atoms with van der Waals surface area (Å²) in [4.78, 5) is 21.5. The molecule has 1 amide bonds. The van der Waals surface area contributed by atoms with Crippen LogP contribution in [0.2, 0.25) is 0 Å². The summed E-state index contributed by atoms with van der Waals surface area (Å²) < 4.78 is 16.5. The van der Waals surface area contributed by atoms with Crippen molar-refractivity contribution < 1.29 is 9.18 Å². The Labute approximate surface area is 206 Å². The second kappa shape index (κ2) is 10.1. The number of carbonyl (C=O) groups excluding carboxylic acids is 1. The largest absolute Gasteiger partial charge is 0.315 e. The van der Waals surface area contributed by atoms with E-state index < -0.39 is 0 Å². The van der Waals surface area contributed by atoms with Crippen molar-refractivity contribution in [1.29, 1.82) is 0 Å². The summed E-state index contributed by atoms with van der Waals surface area (Å²) in [6.45, 7) is 3.97. The number of amidine groups is 1. The number of thioether (sulfide) groups is 1. The molecule has 0 unspecified atom stereocenters. The summed E-state index contributed by atoms with van der Waals surface area (Å²) in [5, 5.41) is 0.901. The van der Waals surface area contributed by atoms with E-state index >= 15 is 0 Å². The Bertz CT molecular complexity index is 1120. The van der Waals surface area contributed by atoms with Crippen molar-refractivity contribution >= 4 is 28.9 Å². The van der Waals surface area contributed by atoms with Gasteiger partial charge in [0.1, 0.15) is 5.82 Å². The number of aryl methyl sites for hydroxylation is 1. The molecule has 4 nitrogen and oxygen atoms in total. The van der Waals surface area contributed by atoms with Crippen LogP contribution in [0, 0.1) is 19.7 Å². The van der Waals surface area contributed by atoms with Gasteiger partial charge in [0.25, 0.3) is 5.91 Å². The molecule has 5 rings (SSSR count). The molecule has 180 valence electrons. The van der Waals surface area contributed by atoms with Gasteiger partial charge in [-0.15, -0.1) is 0 Å². The minimum Gasteiger partial charge on any atom is -0.315 e. The summed E-state index contributed by atoms with van der Waals surface area (Å²) in [6, 6.07) is 9.47. The minimum absolute atomic E-state index is 0.0853. The van der Waals surface area contributed by atoms with E-state index in [1.54, 1.807) is 12.1 Å².